The lowest BCUT2D eigenvalue weighted by molar-refractivity contribution is 1.22. The molecule has 1 rings (SSSR count). The molecular weight excluding hydrogens is 281 g/mol. The van der Waals surface area contributed by atoms with Crippen molar-refractivity contribution in [2.45, 2.75) is 11.8 Å². The lowest BCUT2D eigenvalue weighted by atomic mass is 10.3. The van der Waals surface area contributed by atoms with E-state index in [1.54, 1.807) is 11.8 Å². The Morgan fingerprint density at radius 3 is 2.75 bits per heavy atom. The SMILES string of the molecule is CSc1ccc(/C=C(\C)I)nc1. The van der Waals surface area contributed by atoms with Crippen molar-refractivity contribution in [2.24, 2.45) is 0 Å². The van der Waals surface area contributed by atoms with Crippen molar-refractivity contribution in [2.75, 3.05) is 6.26 Å². The zero-order valence-electron chi connectivity index (χ0n) is 7.04. The predicted molar refractivity (Wildman–Crippen MR) is 63.7 cm³/mol. The van der Waals surface area contributed by atoms with Crippen LogP contribution < -0.4 is 0 Å². The summed E-state index contributed by atoms with van der Waals surface area (Å²) in [5.74, 6) is 0. The van der Waals surface area contributed by atoms with Crippen LogP contribution in [0, 0.1) is 0 Å². The number of pyridine rings is 1. The van der Waals surface area contributed by atoms with Gasteiger partial charge < -0.3 is 0 Å². The zero-order valence-corrected chi connectivity index (χ0v) is 10.0. The fourth-order valence-electron chi connectivity index (χ4n) is 0.802. The molecule has 0 bridgehead atoms. The highest BCUT2D eigenvalue weighted by Crippen LogP contribution is 2.15. The van der Waals surface area contributed by atoms with Crippen molar-refractivity contribution in [3.8, 4) is 0 Å². The minimum atomic E-state index is 1.03. The molecule has 1 heterocycles. The quantitative estimate of drug-likeness (QED) is 0.610. The largest absolute Gasteiger partial charge is 0.256 e. The molecule has 0 saturated heterocycles. The highest BCUT2D eigenvalue weighted by atomic mass is 127. The van der Waals surface area contributed by atoms with Crippen LogP contribution in [0.1, 0.15) is 12.6 Å². The molecular formula is C9H10INS. The van der Waals surface area contributed by atoms with Gasteiger partial charge >= 0.3 is 0 Å². The van der Waals surface area contributed by atoms with Crippen LogP contribution in [-0.4, -0.2) is 11.2 Å². The lowest BCUT2D eigenvalue weighted by Gasteiger charge is -1.96. The second kappa shape index (κ2) is 4.87. The number of halogens is 1. The summed E-state index contributed by atoms with van der Waals surface area (Å²) in [5.41, 5.74) is 1.03. The molecule has 1 aromatic heterocycles. The molecule has 0 atom stereocenters. The first kappa shape index (κ1) is 10.1. The minimum Gasteiger partial charge on any atom is -0.256 e. The van der Waals surface area contributed by atoms with Gasteiger partial charge in [-0.3, -0.25) is 4.98 Å². The van der Waals surface area contributed by atoms with E-state index in [9.17, 15) is 0 Å². The molecule has 0 unspecified atom stereocenters. The van der Waals surface area contributed by atoms with Crippen LogP contribution in [0.3, 0.4) is 0 Å². The molecule has 0 saturated carbocycles. The Morgan fingerprint density at radius 2 is 2.33 bits per heavy atom. The van der Waals surface area contributed by atoms with Crippen LogP contribution in [0.15, 0.2) is 26.8 Å². The number of thioether (sulfide) groups is 1. The van der Waals surface area contributed by atoms with Crippen molar-refractivity contribution in [3.63, 3.8) is 0 Å². The Labute approximate surface area is 90.8 Å². The van der Waals surface area contributed by atoms with Gasteiger partial charge in [0.2, 0.25) is 0 Å². The van der Waals surface area contributed by atoms with Crippen molar-refractivity contribution >= 4 is 40.4 Å². The van der Waals surface area contributed by atoms with Gasteiger partial charge in [0.15, 0.2) is 0 Å². The number of rotatable bonds is 2. The normalized spacial score (nSPS) is 11.8. The van der Waals surface area contributed by atoms with Gasteiger partial charge in [0.05, 0.1) is 5.69 Å². The third kappa shape index (κ3) is 3.15. The summed E-state index contributed by atoms with van der Waals surface area (Å²) in [6.45, 7) is 2.06. The standard InChI is InChI=1S/C9H10INS/c1-7(10)5-8-3-4-9(12-2)6-11-8/h3-6H,1-2H3/b7-5+. The smallest absolute Gasteiger partial charge is 0.0637 e. The van der Waals surface area contributed by atoms with E-state index in [1.807, 2.05) is 12.3 Å². The van der Waals surface area contributed by atoms with Crippen molar-refractivity contribution < 1.29 is 0 Å². The Bertz CT molecular complexity index is 275. The Kier molecular flexibility index (Phi) is 4.08. The van der Waals surface area contributed by atoms with Gasteiger partial charge in [0, 0.05) is 11.1 Å². The van der Waals surface area contributed by atoms with E-state index in [1.165, 1.54) is 8.48 Å². The van der Waals surface area contributed by atoms with E-state index >= 15 is 0 Å². The molecule has 1 aromatic rings. The zero-order chi connectivity index (χ0) is 8.97. The molecule has 64 valence electrons. The molecule has 0 amide bonds. The number of allylic oxidation sites excluding steroid dienone is 1. The van der Waals surface area contributed by atoms with Gasteiger partial charge in [-0.15, -0.1) is 11.8 Å². The highest BCUT2D eigenvalue weighted by Gasteiger charge is 1.91. The van der Waals surface area contributed by atoms with Crippen LogP contribution in [0.4, 0.5) is 0 Å². The first-order chi connectivity index (χ1) is 5.72. The van der Waals surface area contributed by atoms with E-state index in [4.69, 9.17) is 0 Å². The number of hydrogen-bond acceptors (Lipinski definition) is 2. The van der Waals surface area contributed by atoms with Crippen LogP contribution in [0.2, 0.25) is 0 Å². The first-order valence-electron chi connectivity index (χ1n) is 3.56. The van der Waals surface area contributed by atoms with Crippen molar-refractivity contribution in [1.29, 1.82) is 0 Å². The monoisotopic (exact) mass is 291 g/mol. The molecule has 0 aromatic carbocycles. The van der Waals surface area contributed by atoms with Gasteiger partial charge in [-0.1, -0.05) is 0 Å². The fraction of sp³-hybridized carbons (Fsp3) is 0.222. The van der Waals surface area contributed by atoms with E-state index in [2.05, 4.69) is 52.9 Å². The van der Waals surface area contributed by atoms with Crippen LogP contribution in [0.25, 0.3) is 6.08 Å². The summed E-state index contributed by atoms with van der Waals surface area (Å²) in [6, 6.07) is 4.12. The molecule has 0 spiro atoms. The molecule has 0 aliphatic heterocycles. The molecule has 0 aliphatic carbocycles. The van der Waals surface area contributed by atoms with Crippen LogP contribution in [-0.2, 0) is 0 Å². The number of aromatic nitrogens is 1. The molecule has 0 N–H and O–H groups in total. The average molecular weight is 291 g/mol. The summed E-state index contributed by atoms with van der Waals surface area (Å²) in [5, 5.41) is 0. The van der Waals surface area contributed by atoms with E-state index in [0.29, 0.717) is 0 Å². The van der Waals surface area contributed by atoms with Gasteiger partial charge in [0.1, 0.15) is 0 Å². The summed E-state index contributed by atoms with van der Waals surface area (Å²) in [7, 11) is 0. The summed E-state index contributed by atoms with van der Waals surface area (Å²) < 4.78 is 1.25. The predicted octanol–water partition coefficient (Wildman–Crippen LogP) is 3.60. The molecule has 0 radical (unpaired) electrons. The van der Waals surface area contributed by atoms with E-state index in [-0.39, 0.29) is 0 Å². The Hall–Kier alpha value is -0.0300. The summed E-state index contributed by atoms with van der Waals surface area (Å²) in [6.07, 6.45) is 6.01. The second-order valence-electron chi connectivity index (χ2n) is 2.35. The average Bonchev–Trinajstić information content (AvgIpc) is 2.05. The minimum absolute atomic E-state index is 1.03. The fourth-order valence-corrected chi connectivity index (χ4v) is 1.48. The number of nitrogens with zero attached hydrogens (tertiary/aromatic N) is 1. The highest BCUT2D eigenvalue weighted by molar-refractivity contribution is 14.1. The molecule has 3 heteroatoms. The third-order valence-corrected chi connectivity index (χ3v) is 2.37. The van der Waals surface area contributed by atoms with Crippen LogP contribution >= 0.6 is 34.4 Å². The maximum Gasteiger partial charge on any atom is 0.0637 e. The molecule has 0 fully saturated rings. The first-order valence-corrected chi connectivity index (χ1v) is 5.86. The topological polar surface area (TPSA) is 12.9 Å². The molecule has 0 aliphatic rings. The van der Waals surface area contributed by atoms with Gasteiger partial charge in [-0.05, 0) is 57.6 Å². The van der Waals surface area contributed by atoms with E-state index in [0.717, 1.165) is 5.69 Å². The van der Waals surface area contributed by atoms with Crippen molar-refractivity contribution in [1.82, 2.24) is 4.98 Å². The van der Waals surface area contributed by atoms with Gasteiger partial charge in [-0.2, -0.15) is 0 Å². The summed E-state index contributed by atoms with van der Waals surface area (Å²) >= 11 is 3.99. The van der Waals surface area contributed by atoms with E-state index < -0.39 is 0 Å². The Balaban J connectivity index is 2.85. The number of hydrogen-bond donors (Lipinski definition) is 0. The van der Waals surface area contributed by atoms with Crippen LogP contribution in [0.5, 0.6) is 0 Å². The lowest BCUT2D eigenvalue weighted by Crippen LogP contribution is -1.80. The van der Waals surface area contributed by atoms with Crippen molar-refractivity contribution in [3.05, 3.63) is 27.6 Å². The molecule has 1 nitrogen and oxygen atoms in total. The third-order valence-electron chi connectivity index (χ3n) is 1.34. The summed E-state index contributed by atoms with van der Waals surface area (Å²) in [4.78, 5) is 5.49. The van der Waals surface area contributed by atoms with Gasteiger partial charge in [-0.25, -0.2) is 0 Å². The second-order valence-corrected chi connectivity index (χ2v) is 4.94. The molecule has 12 heavy (non-hydrogen) atoms. The maximum absolute atomic E-state index is 4.29. The Morgan fingerprint density at radius 1 is 1.58 bits per heavy atom. The van der Waals surface area contributed by atoms with Gasteiger partial charge in [0.25, 0.3) is 0 Å². The maximum atomic E-state index is 4.29.